The smallest absolute Gasteiger partial charge is 0.257 e. The summed E-state index contributed by atoms with van der Waals surface area (Å²) in [6.45, 7) is 7.29. The number of benzene rings is 2. The lowest BCUT2D eigenvalue weighted by Gasteiger charge is -2.22. The van der Waals surface area contributed by atoms with Gasteiger partial charge in [0.1, 0.15) is 23.2 Å². The second-order valence-corrected chi connectivity index (χ2v) is 6.60. The molecule has 0 saturated heterocycles. The molecule has 0 bridgehead atoms. The van der Waals surface area contributed by atoms with Gasteiger partial charge in [-0.3, -0.25) is 9.59 Å². The van der Waals surface area contributed by atoms with Crippen molar-refractivity contribution in [3.05, 3.63) is 64.7 Å². The number of rotatable bonds is 5. The second-order valence-electron chi connectivity index (χ2n) is 6.60. The molecule has 138 valence electrons. The van der Waals surface area contributed by atoms with Crippen LogP contribution in [0.1, 0.15) is 35.3 Å². The Morgan fingerprint density at radius 2 is 1.62 bits per heavy atom. The maximum absolute atomic E-state index is 13.8. The third-order valence-electron chi connectivity index (χ3n) is 4.07. The van der Waals surface area contributed by atoms with Crippen molar-refractivity contribution in [1.29, 1.82) is 0 Å². The van der Waals surface area contributed by atoms with Crippen LogP contribution < -0.4 is 10.6 Å². The molecule has 0 unspecified atom stereocenters. The van der Waals surface area contributed by atoms with E-state index in [-0.39, 0.29) is 5.92 Å². The first kappa shape index (κ1) is 19.6. The Morgan fingerprint density at radius 1 is 1.00 bits per heavy atom. The highest BCUT2D eigenvalue weighted by atomic mass is 19.1. The molecule has 0 aliphatic heterocycles. The summed E-state index contributed by atoms with van der Waals surface area (Å²) in [5, 5.41) is 5.20. The maximum atomic E-state index is 13.8. The number of amides is 2. The molecule has 1 atom stereocenters. The molecule has 0 aromatic heterocycles. The average molecular weight is 360 g/mol. The van der Waals surface area contributed by atoms with Crippen LogP contribution in [0.15, 0.2) is 36.4 Å². The minimum Gasteiger partial charge on any atom is -0.340 e. The Hall–Kier alpha value is -2.76. The molecular weight excluding hydrogens is 338 g/mol. The van der Waals surface area contributed by atoms with Gasteiger partial charge in [-0.25, -0.2) is 8.78 Å². The topological polar surface area (TPSA) is 58.2 Å². The van der Waals surface area contributed by atoms with Gasteiger partial charge in [0.2, 0.25) is 5.91 Å². The van der Waals surface area contributed by atoms with Crippen LogP contribution in [0.3, 0.4) is 0 Å². The minimum absolute atomic E-state index is 0.278. The normalized spacial score (nSPS) is 12.0. The van der Waals surface area contributed by atoms with Gasteiger partial charge in [-0.2, -0.15) is 0 Å². The van der Waals surface area contributed by atoms with Crippen molar-refractivity contribution in [3.63, 3.8) is 0 Å². The van der Waals surface area contributed by atoms with Crippen LogP contribution in [0, 0.1) is 31.4 Å². The molecule has 2 rings (SSSR count). The molecule has 2 N–H and O–H groups in total. The Morgan fingerprint density at radius 3 is 2.15 bits per heavy atom. The Labute approximate surface area is 151 Å². The SMILES string of the molecule is Cc1ccc(NC(=O)[C@@H](NC(=O)c2c(F)cccc2F)C(C)C)c(C)c1. The number of halogens is 2. The second kappa shape index (κ2) is 8.08. The van der Waals surface area contributed by atoms with E-state index in [9.17, 15) is 18.4 Å². The van der Waals surface area contributed by atoms with E-state index in [4.69, 9.17) is 0 Å². The Balaban J connectivity index is 2.20. The van der Waals surface area contributed by atoms with Gasteiger partial charge in [0, 0.05) is 5.69 Å². The molecule has 6 heteroatoms. The third kappa shape index (κ3) is 4.45. The van der Waals surface area contributed by atoms with E-state index in [1.54, 1.807) is 19.9 Å². The van der Waals surface area contributed by atoms with E-state index < -0.39 is 35.1 Å². The Kier molecular flexibility index (Phi) is 6.08. The molecule has 2 aromatic carbocycles. The summed E-state index contributed by atoms with van der Waals surface area (Å²) < 4.78 is 27.6. The zero-order valence-electron chi connectivity index (χ0n) is 15.2. The molecule has 0 radical (unpaired) electrons. The first-order valence-corrected chi connectivity index (χ1v) is 8.33. The van der Waals surface area contributed by atoms with Crippen LogP contribution >= 0.6 is 0 Å². The third-order valence-corrected chi connectivity index (χ3v) is 4.07. The maximum Gasteiger partial charge on any atom is 0.257 e. The van der Waals surface area contributed by atoms with Crippen LogP contribution in [-0.4, -0.2) is 17.9 Å². The van der Waals surface area contributed by atoms with Gasteiger partial charge in [0.15, 0.2) is 0 Å². The molecule has 26 heavy (non-hydrogen) atoms. The molecule has 2 amide bonds. The summed E-state index contributed by atoms with van der Waals surface area (Å²) in [7, 11) is 0. The molecule has 0 heterocycles. The summed E-state index contributed by atoms with van der Waals surface area (Å²) in [5.74, 6) is -3.63. The van der Waals surface area contributed by atoms with Crippen molar-refractivity contribution in [2.24, 2.45) is 5.92 Å². The predicted molar refractivity (Wildman–Crippen MR) is 97.0 cm³/mol. The number of hydrogen-bond acceptors (Lipinski definition) is 2. The standard InChI is InChI=1S/C20H22F2N2O2/c1-11(2)18(20(26)23-16-9-8-12(3)10-13(16)4)24-19(25)17-14(21)6-5-7-15(17)22/h5-11,18H,1-4H3,(H,23,26)(H,24,25)/t18-/m0/s1. The Bertz CT molecular complexity index is 814. The van der Waals surface area contributed by atoms with E-state index in [0.29, 0.717) is 5.69 Å². The van der Waals surface area contributed by atoms with Crippen LogP contribution in [0.2, 0.25) is 0 Å². The zero-order valence-corrected chi connectivity index (χ0v) is 15.2. The lowest BCUT2D eigenvalue weighted by atomic mass is 10.0. The fourth-order valence-corrected chi connectivity index (χ4v) is 2.63. The van der Waals surface area contributed by atoms with Gasteiger partial charge >= 0.3 is 0 Å². The fourth-order valence-electron chi connectivity index (χ4n) is 2.63. The predicted octanol–water partition coefficient (Wildman–Crippen LogP) is 3.97. The molecule has 0 fully saturated rings. The lowest BCUT2D eigenvalue weighted by Crippen LogP contribution is -2.47. The van der Waals surface area contributed by atoms with Crippen LogP contribution in [-0.2, 0) is 4.79 Å². The monoisotopic (exact) mass is 360 g/mol. The molecular formula is C20H22F2N2O2. The first-order valence-electron chi connectivity index (χ1n) is 8.33. The van der Waals surface area contributed by atoms with E-state index >= 15 is 0 Å². The van der Waals surface area contributed by atoms with E-state index in [0.717, 1.165) is 23.3 Å². The first-order chi connectivity index (χ1) is 12.2. The summed E-state index contributed by atoms with van der Waals surface area (Å²) >= 11 is 0. The molecule has 4 nitrogen and oxygen atoms in total. The van der Waals surface area contributed by atoms with Gasteiger partial charge in [-0.1, -0.05) is 37.6 Å². The zero-order chi connectivity index (χ0) is 19.4. The molecule has 0 aliphatic rings. The lowest BCUT2D eigenvalue weighted by molar-refractivity contribution is -0.118. The van der Waals surface area contributed by atoms with Crippen molar-refractivity contribution in [2.45, 2.75) is 33.7 Å². The van der Waals surface area contributed by atoms with E-state index in [2.05, 4.69) is 10.6 Å². The molecule has 2 aromatic rings. The largest absolute Gasteiger partial charge is 0.340 e. The number of carbonyl (C=O) groups is 2. The quantitative estimate of drug-likeness (QED) is 0.847. The summed E-state index contributed by atoms with van der Waals surface area (Å²) in [6.07, 6.45) is 0. The van der Waals surface area contributed by atoms with Crippen molar-refractivity contribution >= 4 is 17.5 Å². The van der Waals surface area contributed by atoms with Gasteiger partial charge in [-0.15, -0.1) is 0 Å². The van der Waals surface area contributed by atoms with Crippen molar-refractivity contribution in [1.82, 2.24) is 5.32 Å². The van der Waals surface area contributed by atoms with Crippen LogP contribution in [0.5, 0.6) is 0 Å². The van der Waals surface area contributed by atoms with Gasteiger partial charge in [0.25, 0.3) is 5.91 Å². The number of anilines is 1. The summed E-state index contributed by atoms with van der Waals surface area (Å²) in [6, 6.07) is 7.79. The van der Waals surface area contributed by atoms with Crippen molar-refractivity contribution in [2.75, 3.05) is 5.32 Å². The highest BCUT2D eigenvalue weighted by molar-refractivity contribution is 6.01. The summed E-state index contributed by atoms with van der Waals surface area (Å²) in [5.41, 5.74) is 1.87. The van der Waals surface area contributed by atoms with Gasteiger partial charge in [-0.05, 0) is 43.5 Å². The highest BCUT2D eigenvalue weighted by Gasteiger charge is 2.27. The number of hydrogen-bond donors (Lipinski definition) is 2. The number of carbonyl (C=O) groups excluding carboxylic acids is 2. The minimum atomic E-state index is -0.972. The number of nitrogens with one attached hydrogen (secondary N) is 2. The van der Waals surface area contributed by atoms with Crippen LogP contribution in [0.25, 0.3) is 0 Å². The van der Waals surface area contributed by atoms with Gasteiger partial charge in [0.05, 0.1) is 0 Å². The highest BCUT2D eigenvalue weighted by Crippen LogP contribution is 2.18. The molecule has 0 aliphatic carbocycles. The van der Waals surface area contributed by atoms with Gasteiger partial charge < -0.3 is 10.6 Å². The molecule has 0 saturated carbocycles. The van der Waals surface area contributed by atoms with Crippen molar-refractivity contribution in [3.8, 4) is 0 Å². The van der Waals surface area contributed by atoms with E-state index in [1.807, 2.05) is 26.0 Å². The van der Waals surface area contributed by atoms with E-state index in [1.165, 1.54) is 6.07 Å². The number of aryl methyl sites for hydroxylation is 2. The fraction of sp³-hybridized carbons (Fsp3) is 0.300. The molecule has 0 spiro atoms. The van der Waals surface area contributed by atoms with Crippen molar-refractivity contribution < 1.29 is 18.4 Å². The van der Waals surface area contributed by atoms with Crippen LogP contribution in [0.4, 0.5) is 14.5 Å². The average Bonchev–Trinajstić information content (AvgIpc) is 2.54. The summed E-state index contributed by atoms with van der Waals surface area (Å²) in [4.78, 5) is 24.9.